The minimum atomic E-state index is 0.306. The highest BCUT2D eigenvalue weighted by molar-refractivity contribution is 9.10. The van der Waals surface area contributed by atoms with Crippen LogP contribution in [0, 0.1) is 6.92 Å². The van der Waals surface area contributed by atoms with Crippen LogP contribution in [0.15, 0.2) is 46.9 Å². The molecule has 100 valence electrons. The SMILES string of the molecule is Cc1ccc(C(C)NCc2ccc(Br)cc2Cl)cc1. The maximum absolute atomic E-state index is 6.21. The second kappa shape index (κ2) is 6.56. The predicted molar refractivity (Wildman–Crippen MR) is 85.6 cm³/mol. The zero-order chi connectivity index (χ0) is 13.8. The molecule has 2 aromatic carbocycles. The number of nitrogens with one attached hydrogen (secondary N) is 1. The van der Waals surface area contributed by atoms with Crippen LogP contribution in [-0.4, -0.2) is 0 Å². The van der Waals surface area contributed by atoms with E-state index in [1.54, 1.807) is 0 Å². The van der Waals surface area contributed by atoms with Gasteiger partial charge < -0.3 is 5.32 Å². The highest BCUT2D eigenvalue weighted by Crippen LogP contribution is 2.22. The maximum Gasteiger partial charge on any atom is 0.0462 e. The third kappa shape index (κ3) is 4.07. The Morgan fingerprint density at radius 2 is 1.84 bits per heavy atom. The molecule has 3 heteroatoms. The Bertz CT molecular complexity index is 551. The Labute approximate surface area is 128 Å². The summed E-state index contributed by atoms with van der Waals surface area (Å²) in [4.78, 5) is 0. The van der Waals surface area contributed by atoms with E-state index in [1.165, 1.54) is 11.1 Å². The van der Waals surface area contributed by atoms with E-state index in [0.29, 0.717) is 6.04 Å². The summed E-state index contributed by atoms with van der Waals surface area (Å²) < 4.78 is 1.01. The molecule has 0 aliphatic carbocycles. The van der Waals surface area contributed by atoms with Gasteiger partial charge in [0.15, 0.2) is 0 Å². The van der Waals surface area contributed by atoms with E-state index in [4.69, 9.17) is 11.6 Å². The lowest BCUT2D eigenvalue weighted by atomic mass is 10.1. The Kier molecular flexibility index (Phi) is 5.03. The van der Waals surface area contributed by atoms with Crippen molar-refractivity contribution in [1.29, 1.82) is 0 Å². The number of halogens is 2. The van der Waals surface area contributed by atoms with Gasteiger partial charge in [-0.05, 0) is 37.1 Å². The van der Waals surface area contributed by atoms with Gasteiger partial charge in [-0.2, -0.15) is 0 Å². The molecule has 0 aliphatic rings. The number of hydrogen-bond donors (Lipinski definition) is 1. The van der Waals surface area contributed by atoms with Crippen LogP contribution in [-0.2, 0) is 6.54 Å². The van der Waals surface area contributed by atoms with Crippen molar-refractivity contribution in [3.63, 3.8) is 0 Å². The molecule has 0 radical (unpaired) electrons. The number of rotatable bonds is 4. The van der Waals surface area contributed by atoms with Crippen LogP contribution in [0.2, 0.25) is 5.02 Å². The minimum Gasteiger partial charge on any atom is -0.306 e. The van der Waals surface area contributed by atoms with E-state index in [0.717, 1.165) is 21.6 Å². The van der Waals surface area contributed by atoms with E-state index in [2.05, 4.69) is 59.4 Å². The third-order valence-corrected chi connectivity index (χ3v) is 4.04. The Balaban J connectivity index is 2.00. The van der Waals surface area contributed by atoms with Crippen LogP contribution < -0.4 is 5.32 Å². The van der Waals surface area contributed by atoms with E-state index >= 15 is 0 Å². The smallest absolute Gasteiger partial charge is 0.0462 e. The number of aryl methyl sites for hydroxylation is 1. The van der Waals surface area contributed by atoms with Crippen molar-refractivity contribution in [2.75, 3.05) is 0 Å². The van der Waals surface area contributed by atoms with Crippen LogP contribution >= 0.6 is 27.5 Å². The van der Waals surface area contributed by atoms with E-state index in [9.17, 15) is 0 Å². The van der Waals surface area contributed by atoms with Crippen molar-refractivity contribution in [3.05, 3.63) is 68.7 Å². The summed E-state index contributed by atoms with van der Waals surface area (Å²) in [6.45, 7) is 5.03. The topological polar surface area (TPSA) is 12.0 Å². The van der Waals surface area contributed by atoms with Gasteiger partial charge in [0.2, 0.25) is 0 Å². The van der Waals surface area contributed by atoms with Gasteiger partial charge in [-0.1, -0.05) is 63.4 Å². The Morgan fingerprint density at radius 3 is 2.47 bits per heavy atom. The molecular formula is C16H17BrClN. The van der Waals surface area contributed by atoms with Gasteiger partial charge in [-0.15, -0.1) is 0 Å². The first-order valence-electron chi connectivity index (χ1n) is 6.30. The molecule has 0 aromatic heterocycles. The zero-order valence-corrected chi connectivity index (χ0v) is 13.4. The molecule has 0 heterocycles. The maximum atomic E-state index is 6.21. The van der Waals surface area contributed by atoms with Crippen molar-refractivity contribution < 1.29 is 0 Å². The van der Waals surface area contributed by atoms with Crippen LogP contribution in [0.3, 0.4) is 0 Å². The molecule has 1 N–H and O–H groups in total. The van der Waals surface area contributed by atoms with Crippen LogP contribution in [0.25, 0.3) is 0 Å². The van der Waals surface area contributed by atoms with Crippen molar-refractivity contribution in [2.24, 2.45) is 0 Å². The summed E-state index contributed by atoms with van der Waals surface area (Å²) in [7, 11) is 0. The molecule has 0 aliphatic heterocycles. The highest BCUT2D eigenvalue weighted by atomic mass is 79.9. The molecule has 0 spiro atoms. The number of benzene rings is 2. The van der Waals surface area contributed by atoms with Gasteiger partial charge >= 0.3 is 0 Å². The summed E-state index contributed by atoms with van der Waals surface area (Å²) in [5.74, 6) is 0. The summed E-state index contributed by atoms with van der Waals surface area (Å²) in [5.41, 5.74) is 3.69. The molecule has 1 unspecified atom stereocenters. The average molecular weight is 339 g/mol. The van der Waals surface area contributed by atoms with Gasteiger partial charge in [0, 0.05) is 22.1 Å². The van der Waals surface area contributed by atoms with Crippen molar-refractivity contribution in [1.82, 2.24) is 5.32 Å². The minimum absolute atomic E-state index is 0.306. The second-order valence-electron chi connectivity index (χ2n) is 4.75. The molecule has 19 heavy (non-hydrogen) atoms. The second-order valence-corrected chi connectivity index (χ2v) is 6.07. The molecule has 0 saturated carbocycles. The quantitative estimate of drug-likeness (QED) is 0.801. The van der Waals surface area contributed by atoms with Crippen molar-refractivity contribution >= 4 is 27.5 Å². The zero-order valence-electron chi connectivity index (χ0n) is 11.1. The standard InChI is InChI=1S/C16H17BrClN/c1-11-3-5-13(6-4-11)12(2)19-10-14-7-8-15(17)9-16(14)18/h3-9,12,19H,10H2,1-2H3. The lowest BCUT2D eigenvalue weighted by Crippen LogP contribution is -2.18. The monoisotopic (exact) mass is 337 g/mol. The Morgan fingerprint density at radius 1 is 1.16 bits per heavy atom. The molecule has 1 nitrogen and oxygen atoms in total. The van der Waals surface area contributed by atoms with Crippen molar-refractivity contribution in [3.8, 4) is 0 Å². The fraction of sp³-hybridized carbons (Fsp3) is 0.250. The molecule has 0 bridgehead atoms. The van der Waals surface area contributed by atoms with E-state index in [1.807, 2.05) is 18.2 Å². The van der Waals surface area contributed by atoms with Gasteiger partial charge in [-0.3, -0.25) is 0 Å². The lowest BCUT2D eigenvalue weighted by Gasteiger charge is -2.15. The predicted octanol–water partition coefficient (Wildman–Crippen LogP) is 5.26. The molecule has 2 rings (SSSR count). The van der Waals surface area contributed by atoms with E-state index < -0.39 is 0 Å². The summed E-state index contributed by atoms with van der Waals surface area (Å²) in [5, 5.41) is 4.28. The summed E-state index contributed by atoms with van der Waals surface area (Å²) in [6, 6.07) is 14.9. The molecule has 1 atom stereocenters. The molecular weight excluding hydrogens is 322 g/mol. The van der Waals surface area contributed by atoms with Crippen LogP contribution in [0.5, 0.6) is 0 Å². The third-order valence-electron chi connectivity index (χ3n) is 3.19. The average Bonchev–Trinajstić information content (AvgIpc) is 2.38. The molecule has 0 amide bonds. The Hall–Kier alpha value is -0.830. The first-order chi connectivity index (χ1) is 9.06. The normalized spacial score (nSPS) is 12.4. The summed E-state index contributed by atoms with van der Waals surface area (Å²) in [6.07, 6.45) is 0. The highest BCUT2D eigenvalue weighted by Gasteiger charge is 2.06. The molecule has 0 fully saturated rings. The van der Waals surface area contributed by atoms with E-state index in [-0.39, 0.29) is 0 Å². The fourth-order valence-corrected chi connectivity index (χ4v) is 2.64. The van der Waals surface area contributed by atoms with Gasteiger partial charge in [0.25, 0.3) is 0 Å². The molecule has 0 saturated heterocycles. The summed E-state index contributed by atoms with van der Waals surface area (Å²) >= 11 is 9.62. The van der Waals surface area contributed by atoms with Crippen molar-refractivity contribution in [2.45, 2.75) is 26.4 Å². The molecule has 2 aromatic rings. The first kappa shape index (κ1) is 14.6. The number of hydrogen-bond acceptors (Lipinski definition) is 1. The van der Waals surface area contributed by atoms with Gasteiger partial charge in [0.1, 0.15) is 0 Å². The van der Waals surface area contributed by atoms with Crippen LogP contribution in [0.1, 0.15) is 29.7 Å². The largest absolute Gasteiger partial charge is 0.306 e. The fourth-order valence-electron chi connectivity index (χ4n) is 1.90. The first-order valence-corrected chi connectivity index (χ1v) is 7.47. The van der Waals surface area contributed by atoms with Crippen LogP contribution in [0.4, 0.5) is 0 Å². The van der Waals surface area contributed by atoms with Gasteiger partial charge in [0.05, 0.1) is 0 Å². The van der Waals surface area contributed by atoms with Gasteiger partial charge in [-0.25, -0.2) is 0 Å². The lowest BCUT2D eigenvalue weighted by molar-refractivity contribution is 0.574.